The molecule has 1 amide bonds. The van der Waals surface area contributed by atoms with Crippen LogP contribution in [0.3, 0.4) is 0 Å². The van der Waals surface area contributed by atoms with E-state index in [1.54, 1.807) is 7.11 Å². The van der Waals surface area contributed by atoms with E-state index in [-0.39, 0.29) is 33.9 Å². The molecule has 0 atom stereocenters. The summed E-state index contributed by atoms with van der Waals surface area (Å²) < 4.78 is 21.0. The van der Waals surface area contributed by atoms with Crippen LogP contribution < -0.4 is 14.8 Å². The Morgan fingerprint density at radius 2 is 1.83 bits per heavy atom. The maximum Gasteiger partial charge on any atom is 0.313 e. The average molecular weight is 425 g/mol. The normalized spacial score (nSPS) is 10.4. The molecule has 0 saturated heterocycles. The van der Waals surface area contributed by atoms with E-state index in [0.717, 1.165) is 0 Å². The SMILES string of the molecule is COCCOCCNC(=O)c1ccc(Oc2ccc(Cl)cc2[N+](=O)[O-])c(OC)c1. The third kappa shape index (κ3) is 6.60. The zero-order valence-electron chi connectivity index (χ0n) is 16.0. The maximum absolute atomic E-state index is 12.3. The smallest absolute Gasteiger partial charge is 0.313 e. The number of nitrogens with one attached hydrogen (secondary N) is 1. The fourth-order valence-electron chi connectivity index (χ4n) is 2.31. The average Bonchev–Trinajstić information content (AvgIpc) is 2.71. The largest absolute Gasteiger partial charge is 0.493 e. The molecule has 0 radical (unpaired) electrons. The number of carbonyl (C=O) groups is 1. The molecule has 0 spiro atoms. The van der Waals surface area contributed by atoms with Gasteiger partial charge in [0.15, 0.2) is 11.5 Å². The van der Waals surface area contributed by atoms with Gasteiger partial charge in [-0.3, -0.25) is 14.9 Å². The van der Waals surface area contributed by atoms with E-state index in [9.17, 15) is 14.9 Å². The highest BCUT2D eigenvalue weighted by Crippen LogP contribution is 2.37. The summed E-state index contributed by atoms with van der Waals surface area (Å²) in [5, 5.41) is 14.1. The number of nitro groups is 1. The number of hydrogen-bond donors (Lipinski definition) is 1. The van der Waals surface area contributed by atoms with Crippen LogP contribution in [0.2, 0.25) is 5.02 Å². The number of amides is 1. The standard InChI is InChI=1S/C19H21ClN2O7/c1-26-9-10-28-8-7-21-19(23)13-3-5-17(18(11-13)27-2)29-16-6-4-14(20)12-15(16)22(24)25/h3-6,11-12H,7-10H2,1-2H3,(H,21,23). The second-order valence-corrected chi connectivity index (χ2v) is 6.13. The van der Waals surface area contributed by atoms with Crippen LogP contribution in [0.15, 0.2) is 36.4 Å². The van der Waals surface area contributed by atoms with Crippen molar-refractivity contribution in [1.82, 2.24) is 5.32 Å². The van der Waals surface area contributed by atoms with Gasteiger partial charge in [-0.25, -0.2) is 0 Å². The number of nitro benzene ring substituents is 1. The van der Waals surface area contributed by atoms with E-state index in [0.29, 0.717) is 31.9 Å². The predicted molar refractivity (Wildman–Crippen MR) is 106 cm³/mol. The van der Waals surface area contributed by atoms with Crippen molar-refractivity contribution in [2.45, 2.75) is 0 Å². The van der Waals surface area contributed by atoms with E-state index in [1.807, 2.05) is 0 Å². The van der Waals surface area contributed by atoms with Gasteiger partial charge >= 0.3 is 5.69 Å². The Balaban J connectivity index is 2.07. The summed E-state index contributed by atoms with van der Waals surface area (Å²) in [5.41, 5.74) is 0.0616. The minimum absolute atomic E-state index is 0.00288. The Morgan fingerprint density at radius 1 is 1.07 bits per heavy atom. The first-order chi connectivity index (χ1) is 14.0. The van der Waals surface area contributed by atoms with Crippen LogP contribution in [0.5, 0.6) is 17.2 Å². The van der Waals surface area contributed by atoms with Crippen molar-refractivity contribution >= 4 is 23.2 Å². The summed E-state index contributed by atoms with van der Waals surface area (Å²) in [7, 11) is 2.99. The molecule has 10 heteroatoms. The minimum atomic E-state index is -0.593. The molecular formula is C19H21ClN2O7. The van der Waals surface area contributed by atoms with E-state index < -0.39 is 4.92 Å². The molecule has 2 aromatic carbocycles. The highest BCUT2D eigenvalue weighted by atomic mass is 35.5. The highest BCUT2D eigenvalue weighted by Gasteiger charge is 2.19. The number of ether oxygens (including phenoxy) is 4. The Morgan fingerprint density at radius 3 is 2.52 bits per heavy atom. The molecule has 156 valence electrons. The molecule has 29 heavy (non-hydrogen) atoms. The Labute approximate surface area is 172 Å². The predicted octanol–water partition coefficient (Wildman–Crippen LogP) is 3.44. The van der Waals surface area contributed by atoms with E-state index >= 15 is 0 Å². The first-order valence-corrected chi connectivity index (χ1v) is 8.98. The maximum atomic E-state index is 12.3. The summed E-state index contributed by atoms with van der Waals surface area (Å²) in [6.07, 6.45) is 0. The van der Waals surface area contributed by atoms with Crippen LogP contribution in [-0.2, 0) is 9.47 Å². The van der Waals surface area contributed by atoms with Gasteiger partial charge in [0.25, 0.3) is 5.91 Å². The van der Waals surface area contributed by atoms with Gasteiger partial charge in [-0.15, -0.1) is 0 Å². The number of hydrogen-bond acceptors (Lipinski definition) is 7. The van der Waals surface area contributed by atoms with Crippen molar-refractivity contribution in [3.63, 3.8) is 0 Å². The van der Waals surface area contributed by atoms with Crippen molar-refractivity contribution < 1.29 is 28.7 Å². The van der Waals surface area contributed by atoms with Gasteiger partial charge in [0.2, 0.25) is 5.75 Å². The molecule has 2 aromatic rings. The van der Waals surface area contributed by atoms with Crippen molar-refractivity contribution in [3.05, 3.63) is 57.1 Å². The van der Waals surface area contributed by atoms with Crippen molar-refractivity contribution in [2.75, 3.05) is 40.6 Å². The summed E-state index contributed by atoms with van der Waals surface area (Å²) >= 11 is 5.81. The van der Waals surface area contributed by atoms with Crippen LogP contribution in [0.1, 0.15) is 10.4 Å². The van der Waals surface area contributed by atoms with Crippen LogP contribution in [0.4, 0.5) is 5.69 Å². The summed E-state index contributed by atoms with van der Waals surface area (Å²) in [5.74, 6) is 0.154. The third-order valence-corrected chi connectivity index (χ3v) is 3.96. The molecule has 0 aliphatic rings. The molecule has 0 unspecified atom stereocenters. The number of rotatable bonds is 11. The number of nitrogens with zero attached hydrogens (tertiary/aromatic N) is 1. The van der Waals surface area contributed by atoms with E-state index in [4.69, 9.17) is 30.5 Å². The fourth-order valence-corrected chi connectivity index (χ4v) is 2.48. The van der Waals surface area contributed by atoms with Gasteiger partial charge in [0, 0.05) is 30.3 Å². The van der Waals surface area contributed by atoms with Crippen molar-refractivity contribution in [3.8, 4) is 17.2 Å². The van der Waals surface area contributed by atoms with E-state index in [2.05, 4.69) is 5.32 Å². The fraction of sp³-hybridized carbons (Fsp3) is 0.316. The third-order valence-electron chi connectivity index (χ3n) is 3.73. The van der Waals surface area contributed by atoms with Crippen LogP contribution in [-0.4, -0.2) is 51.4 Å². The lowest BCUT2D eigenvalue weighted by molar-refractivity contribution is -0.385. The first kappa shape index (κ1) is 22.4. The lowest BCUT2D eigenvalue weighted by Crippen LogP contribution is -2.27. The molecule has 0 aromatic heterocycles. The zero-order valence-corrected chi connectivity index (χ0v) is 16.7. The summed E-state index contributed by atoms with van der Waals surface area (Å²) in [4.78, 5) is 22.9. The van der Waals surface area contributed by atoms with Crippen molar-refractivity contribution in [2.24, 2.45) is 0 Å². The van der Waals surface area contributed by atoms with Gasteiger partial charge in [-0.05, 0) is 30.3 Å². The second-order valence-electron chi connectivity index (χ2n) is 5.70. The number of halogens is 1. The zero-order chi connectivity index (χ0) is 21.2. The number of carbonyl (C=O) groups excluding carboxylic acids is 1. The van der Waals surface area contributed by atoms with Crippen LogP contribution in [0, 0.1) is 10.1 Å². The molecule has 0 bridgehead atoms. The van der Waals surface area contributed by atoms with Gasteiger partial charge in [-0.2, -0.15) is 0 Å². The second kappa shape index (κ2) is 11.2. The van der Waals surface area contributed by atoms with Crippen molar-refractivity contribution in [1.29, 1.82) is 0 Å². The first-order valence-electron chi connectivity index (χ1n) is 8.61. The van der Waals surface area contributed by atoms with Gasteiger partial charge in [0.05, 0.1) is 31.9 Å². The molecule has 0 heterocycles. The molecule has 0 aliphatic heterocycles. The Kier molecular flexibility index (Phi) is 8.66. The minimum Gasteiger partial charge on any atom is -0.493 e. The monoisotopic (exact) mass is 424 g/mol. The summed E-state index contributed by atoms with van der Waals surface area (Å²) in [6.45, 7) is 1.62. The molecule has 0 aliphatic carbocycles. The molecule has 2 rings (SSSR count). The van der Waals surface area contributed by atoms with E-state index in [1.165, 1.54) is 43.5 Å². The Hall–Kier alpha value is -2.88. The molecule has 1 N–H and O–H groups in total. The molecular weight excluding hydrogens is 404 g/mol. The lowest BCUT2D eigenvalue weighted by atomic mass is 10.2. The number of methoxy groups -OCH3 is 2. The topological polar surface area (TPSA) is 109 Å². The van der Waals surface area contributed by atoms with Gasteiger partial charge < -0.3 is 24.3 Å². The lowest BCUT2D eigenvalue weighted by Gasteiger charge is -2.12. The van der Waals surface area contributed by atoms with Crippen LogP contribution >= 0.6 is 11.6 Å². The highest BCUT2D eigenvalue weighted by molar-refractivity contribution is 6.30. The van der Waals surface area contributed by atoms with Gasteiger partial charge in [0.1, 0.15) is 0 Å². The quantitative estimate of drug-likeness (QED) is 0.334. The molecule has 0 fully saturated rings. The summed E-state index contributed by atoms with van der Waals surface area (Å²) in [6, 6.07) is 8.58. The van der Waals surface area contributed by atoms with Crippen LogP contribution in [0.25, 0.3) is 0 Å². The van der Waals surface area contributed by atoms with Gasteiger partial charge in [-0.1, -0.05) is 11.6 Å². The molecule has 0 saturated carbocycles. The number of benzene rings is 2. The Bertz CT molecular complexity index is 860. The molecule has 9 nitrogen and oxygen atoms in total.